The van der Waals surface area contributed by atoms with Gasteiger partial charge in [0.15, 0.2) is 0 Å². The van der Waals surface area contributed by atoms with Crippen LogP contribution in [0.25, 0.3) is 0 Å². The largest absolute Gasteiger partial charge is 0.479 e. The highest BCUT2D eigenvalue weighted by molar-refractivity contribution is 8.23. The molecule has 1 amide bonds. The number of carbonyl (C=O) groups is 2. The van der Waals surface area contributed by atoms with Crippen molar-refractivity contribution in [2.45, 2.75) is 37.5 Å². The molecule has 0 aromatic heterocycles. The van der Waals surface area contributed by atoms with Crippen molar-refractivity contribution < 1.29 is 23.8 Å². The zero-order valence-corrected chi connectivity index (χ0v) is 15.2. The first-order chi connectivity index (χ1) is 11.0. The summed E-state index contributed by atoms with van der Waals surface area (Å²) < 4.78 is 15.4. The van der Waals surface area contributed by atoms with Gasteiger partial charge in [0.25, 0.3) is 0 Å². The monoisotopic (exact) mass is 361 g/mol. The topological polar surface area (TPSA) is 73.9 Å². The highest BCUT2D eigenvalue weighted by Crippen LogP contribution is 2.54. The van der Waals surface area contributed by atoms with Crippen LogP contribution in [0, 0.1) is 17.8 Å². The minimum absolute atomic E-state index is 0.0243. The normalized spacial score (nSPS) is 29.7. The maximum Gasteiger partial charge on any atom is 0.407 e. The molecule has 6 nitrogen and oxygen atoms in total. The van der Waals surface area contributed by atoms with Crippen LogP contribution < -0.4 is 5.32 Å². The fourth-order valence-corrected chi connectivity index (χ4v) is 5.64. The maximum absolute atomic E-state index is 12.2. The second kappa shape index (κ2) is 8.19. The number of carbonyl (C=O) groups excluding carboxylic acids is 2. The van der Waals surface area contributed by atoms with Gasteiger partial charge in [-0.1, -0.05) is 11.8 Å². The Bertz CT molecular complexity index is 473. The van der Waals surface area contributed by atoms with Gasteiger partial charge < -0.3 is 19.5 Å². The summed E-state index contributed by atoms with van der Waals surface area (Å²) in [6.45, 7) is 2.42. The van der Waals surface area contributed by atoms with E-state index in [1.54, 1.807) is 0 Å². The van der Waals surface area contributed by atoms with Crippen molar-refractivity contribution in [1.29, 1.82) is 0 Å². The molecule has 0 radical (unpaired) electrons. The molecule has 130 valence electrons. The van der Waals surface area contributed by atoms with Crippen LogP contribution in [-0.2, 0) is 19.0 Å². The number of rotatable bonds is 5. The van der Waals surface area contributed by atoms with E-state index in [-0.39, 0.29) is 11.2 Å². The van der Waals surface area contributed by atoms with Gasteiger partial charge in [0.2, 0.25) is 4.38 Å². The van der Waals surface area contributed by atoms with Crippen LogP contribution in [0.3, 0.4) is 0 Å². The number of hydrogen-bond donors (Lipinski definition) is 1. The molecule has 5 atom stereocenters. The molecule has 2 aliphatic rings. The summed E-state index contributed by atoms with van der Waals surface area (Å²) >= 11 is 6.77. The van der Waals surface area contributed by atoms with Gasteiger partial charge in [-0.3, -0.25) is 0 Å². The van der Waals surface area contributed by atoms with Gasteiger partial charge in [0.1, 0.15) is 6.04 Å². The van der Waals surface area contributed by atoms with Crippen molar-refractivity contribution in [1.82, 2.24) is 5.32 Å². The van der Waals surface area contributed by atoms with Gasteiger partial charge >= 0.3 is 12.1 Å². The summed E-state index contributed by atoms with van der Waals surface area (Å²) in [5.41, 5.74) is 0. The van der Waals surface area contributed by atoms with Crippen LogP contribution in [-0.4, -0.2) is 48.6 Å². The molecular weight excluding hydrogens is 338 g/mol. The number of hydrogen-bond acceptors (Lipinski definition) is 7. The van der Waals surface area contributed by atoms with E-state index in [1.807, 2.05) is 6.92 Å². The fraction of sp³-hybridized carbons (Fsp3) is 0.800. The van der Waals surface area contributed by atoms with E-state index in [2.05, 4.69) is 10.1 Å². The first kappa shape index (κ1) is 18.3. The molecule has 0 aromatic carbocycles. The summed E-state index contributed by atoms with van der Waals surface area (Å²) in [6, 6.07) is -0.718. The minimum atomic E-state index is -0.718. The summed E-state index contributed by atoms with van der Waals surface area (Å²) in [4.78, 5) is 23.9. The molecular formula is C15H23NO5S2. The lowest BCUT2D eigenvalue weighted by molar-refractivity contribution is -0.145. The number of ether oxygens (including phenoxy) is 3. The van der Waals surface area contributed by atoms with Crippen molar-refractivity contribution in [3.05, 3.63) is 0 Å². The zero-order valence-electron chi connectivity index (χ0n) is 13.6. The lowest BCUT2D eigenvalue weighted by Gasteiger charge is -2.34. The molecule has 2 fully saturated rings. The second-order valence-electron chi connectivity index (χ2n) is 5.81. The third kappa shape index (κ3) is 4.09. The smallest absolute Gasteiger partial charge is 0.407 e. The second-order valence-corrected chi connectivity index (χ2v) is 7.59. The molecule has 1 N–H and O–H groups in total. The van der Waals surface area contributed by atoms with E-state index in [4.69, 9.17) is 21.7 Å². The van der Waals surface area contributed by atoms with Crippen LogP contribution in [0.1, 0.15) is 26.2 Å². The van der Waals surface area contributed by atoms with Gasteiger partial charge in [-0.25, -0.2) is 9.59 Å². The number of fused-ring (bicyclic) bond motifs is 2. The van der Waals surface area contributed by atoms with Gasteiger partial charge in [-0.2, -0.15) is 0 Å². The van der Waals surface area contributed by atoms with Crippen molar-refractivity contribution >= 4 is 40.4 Å². The Morgan fingerprint density at radius 3 is 2.57 bits per heavy atom. The maximum atomic E-state index is 12.2. The predicted molar refractivity (Wildman–Crippen MR) is 91.3 cm³/mol. The highest BCUT2D eigenvalue weighted by atomic mass is 32.2. The van der Waals surface area contributed by atoms with Crippen LogP contribution in [0.2, 0.25) is 0 Å². The standard InChI is InChI=1S/C15H23NO5S2/c1-4-21-15(22)23-12-9-6-5-8(7-9)10(12)11(13(17)19-2)16-14(18)20-3/h8-12H,4-7H2,1-3H3,(H,16,18)/t8-,9+,10-,11?,12+/m0/s1. The molecule has 0 aliphatic heterocycles. The molecule has 23 heavy (non-hydrogen) atoms. The molecule has 0 aromatic rings. The molecule has 2 bridgehead atoms. The van der Waals surface area contributed by atoms with E-state index >= 15 is 0 Å². The summed E-state index contributed by atoms with van der Waals surface area (Å²) in [5.74, 6) is 0.396. The third-order valence-electron chi connectivity index (χ3n) is 4.70. The Balaban J connectivity index is 2.18. The van der Waals surface area contributed by atoms with Crippen molar-refractivity contribution in [2.24, 2.45) is 17.8 Å². The molecule has 2 aliphatic carbocycles. The number of nitrogens with one attached hydrogen (secondary N) is 1. The minimum Gasteiger partial charge on any atom is -0.479 e. The average molecular weight is 361 g/mol. The van der Waals surface area contributed by atoms with Crippen LogP contribution >= 0.6 is 24.0 Å². The highest BCUT2D eigenvalue weighted by Gasteiger charge is 2.53. The van der Waals surface area contributed by atoms with Gasteiger partial charge in [0.05, 0.1) is 20.8 Å². The van der Waals surface area contributed by atoms with Gasteiger partial charge in [-0.05, 0) is 50.2 Å². The molecule has 8 heteroatoms. The number of amides is 1. The molecule has 2 saturated carbocycles. The van der Waals surface area contributed by atoms with Crippen molar-refractivity contribution in [2.75, 3.05) is 20.8 Å². The van der Waals surface area contributed by atoms with Crippen molar-refractivity contribution in [3.8, 4) is 0 Å². The quantitative estimate of drug-likeness (QED) is 0.595. The summed E-state index contributed by atoms with van der Waals surface area (Å²) in [5, 5.41) is 2.79. The number of esters is 1. The predicted octanol–water partition coefficient (Wildman–Crippen LogP) is 2.35. The number of alkyl carbamates (subject to hydrolysis) is 1. The van der Waals surface area contributed by atoms with Gasteiger partial charge in [0, 0.05) is 11.2 Å². The Morgan fingerprint density at radius 1 is 1.26 bits per heavy atom. The lowest BCUT2D eigenvalue weighted by atomic mass is 9.82. The zero-order chi connectivity index (χ0) is 17.0. The molecule has 1 unspecified atom stereocenters. The lowest BCUT2D eigenvalue weighted by Crippen LogP contribution is -2.51. The third-order valence-corrected chi connectivity index (χ3v) is 6.38. The number of thioether (sulfide) groups is 1. The first-order valence-corrected chi connectivity index (χ1v) is 9.06. The average Bonchev–Trinajstić information content (AvgIpc) is 3.13. The Labute approximate surface area is 146 Å². The number of thiocarbonyl (C=S) groups is 1. The molecule has 0 saturated heterocycles. The molecule has 2 rings (SSSR count). The molecule has 0 spiro atoms. The Morgan fingerprint density at radius 2 is 1.96 bits per heavy atom. The Hall–Kier alpha value is -1.02. The summed E-state index contributed by atoms with van der Waals surface area (Å²) in [6.07, 6.45) is 2.61. The van der Waals surface area contributed by atoms with Crippen LogP contribution in [0.5, 0.6) is 0 Å². The molecule has 0 heterocycles. The SMILES string of the molecule is CCOC(=S)S[C@@H]1[C@@H]2CC[C@@H](C2)[C@H]1C(NC(=O)OC)C(=O)OC. The van der Waals surface area contributed by atoms with Gasteiger partial charge in [-0.15, -0.1) is 0 Å². The van der Waals surface area contributed by atoms with E-state index in [0.717, 1.165) is 19.3 Å². The first-order valence-electron chi connectivity index (χ1n) is 7.77. The fourth-order valence-electron chi connectivity index (χ4n) is 3.81. The summed E-state index contributed by atoms with van der Waals surface area (Å²) in [7, 11) is 2.61. The van der Waals surface area contributed by atoms with E-state index in [1.165, 1.54) is 26.0 Å². The van der Waals surface area contributed by atoms with E-state index < -0.39 is 18.1 Å². The van der Waals surface area contributed by atoms with Crippen molar-refractivity contribution in [3.63, 3.8) is 0 Å². The number of methoxy groups -OCH3 is 2. The van der Waals surface area contributed by atoms with Crippen LogP contribution in [0.4, 0.5) is 4.79 Å². The van der Waals surface area contributed by atoms with Crippen LogP contribution in [0.15, 0.2) is 0 Å². The Kier molecular flexibility index (Phi) is 6.52. The van der Waals surface area contributed by atoms with E-state index in [0.29, 0.717) is 22.8 Å². The van der Waals surface area contributed by atoms with E-state index in [9.17, 15) is 9.59 Å².